The zero-order chi connectivity index (χ0) is 23.1. The number of carbonyl (C=O) groups excluding carboxylic acids is 1. The fourth-order valence-corrected chi connectivity index (χ4v) is 5.34. The first-order valence-corrected chi connectivity index (χ1v) is 11.7. The number of anilines is 1. The number of aromatic nitrogens is 3. The number of rotatable bonds is 5. The van der Waals surface area contributed by atoms with Crippen LogP contribution >= 0.6 is 11.3 Å². The van der Waals surface area contributed by atoms with Gasteiger partial charge in [-0.1, -0.05) is 6.07 Å². The van der Waals surface area contributed by atoms with Gasteiger partial charge in [-0.15, -0.1) is 11.3 Å². The Morgan fingerprint density at radius 1 is 1.21 bits per heavy atom. The standard InChI is InChI=1S/C24H24N4O4S/c1-14-7-8-16(11-15(14)2)26-19(29)13-27-20-18-6-3-9-25-22(18)33-21(20)23(30)28(24(27)31)12-17-5-4-10-32-17/h3,6-9,11,17H,4-5,10,12-13H2,1-2H3,(H,26,29). The van der Waals surface area contributed by atoms with Gasteiger partial charge in [-0.2, -0.15) is 0 Å². The first-order valence-electron chi connectivity index (χ1n) is 10.9. The van der Waals surface area contributed by atoms with Crippen molar-refractivity contribution < 1.29 is 9.53 Å². The highest BCUT2D eigenvalue weighted by Crippen LogP contribution is 2.29. The van der Waals surface area contributed by atoms with Crippen LogP contribution in [0.15, 0.2) is 46.1 Å². The zero-order valence-electron chi connectivity index (χ0n) is 18.5. The van der Waals surface area contributed by atoms with E-state index in [1.54, 1.807) is 12.3 Å². The second-order valence-electron chi connectivity index (χ2n) is 8.40. The topological polar surface area (TPSA) is 95.2 Å². The second kappa shape index (κ2) is 8.57. The largest absolute Gasteiger partial charge is 0.376 e. The van der Waals surface area contributed by atoms with Crippen LogP contribution in [0.25, 0.3) is 20.4 Å². The van der Waals surface area contributed by atoms with Crippen LogP contribution in [0.2, 0.25) is 0 Å². The molecule has 5 rings (SSSR count). The van der Waals surface area contributed by atoms with E-state index in [9.17, 15) is 14.4 Å². The highest BCUT2D eigenvalue weighted by atomic mass is 32.1. The maximum absolute atomic E-state index is 13.5. The molecule has 8 nitrogen and oxygen atoms in total. The van der Waals surface area contributed by atoms with E-state index >= 15 is 0 Å². The summed E-state index contributed by atoms with van der Waals surface area (Å²) in [7, 11) is 0. The molecule has 0 bridgehead atoms. The monoisotopic (exact) mass is 464 g/mol. The SMILES string of the molecule is Cc1ccc(NC(=O)Cn2c(=O)n(CC3CCCO3)c(=O)c3sc4ncccc4c32)cc1C. The van der Waals surface area contributed by atoms with Crippen LogP contribution in [0.4, 0.5) is 5.69 Å². The molecule has 0 radical (unpaired) electrons. The Morgan fingerprint density at radius 3 is 2.82 bits per heavy atom. The summed E-state index contributed by atoms with van der Waals surface area (Å²) in [6.07, 6.45) is 3.17. The summed E-state index contributed by atoms with van der Waals surface area (Å²) in [5, 5.41) is 3.56. The molecule has 1 atom stereocenters. The van der Waals surface area contributed by atoms with Crippen LogP contribution in [0.5, 0.6) is 0 Å². The lowest BCUT2D eigenvalue weighted by Gasteiger charge is -2.15. The van der Waals surface area contributed by atoms with Gasteiger partial charge in [-0.05, 0) is 62.1 Å². The number of fused-ring (bicyclic) bond motifs is 3. The second-order valence-corrected chi connectivity index (χ2v) is 9.40. The van der Waals surface area contributed by atoms with Crippen LogP contribution in [0.1, 0.15) is 24.0 Å². The number of nitrogens with zero attached hydrogens (tertiary/aromatic N) is 3. The van der Waals surface area contributed by atoms with Crippen molar-refractivity contribution in [3.63, 3.8) is 0 Å². The number of thiophene rings is 1. The highest BCUT2D eigenvalue weighted by molar-refractivity contribution is 7.25. The molecule has 1 aromatic carbocycles. The van der Waals surface area contributed by atoms with Gasteiger partial charge >= 0.3 is 5.69 Å². The Hall–Kier alpha value is -3.30. The Labute approximate surface area is 193 Å². The quantitative estimate of drug-likeness (QED) is 0.489. The van der Waals surface area contributed by atoms with Gasteiger partial charge in [0.25, 0.3) is 5.56 Å². The molecular formula is C24H24N4O4S. The lowest BCUT2D eigenvalue weighted by atomic mass is 10.1. The summed E-state index contributed by atoms with van der Waals surface area (Å²) in [6, 6.07) is 9.25. The van der Waals surface area contributed by atoms with Crippen molar-refractivity contribution in [3.8, 4) is 0 Å². The number of amides is 1. The van der Waals surface area contributed by atoms with E-state index in [1.165, 1.54) is 20.5 Å². The Bertz CT molecular complexity index is 1490. The van der Waals surface area contributed by atoms with Gasteiger partial charge in [0.15, 0.2) is 0 Å². The summed E-state index contributed by atoms with van der Waals surface area (Å²) in [5.41, 5.74) is 2.44. The predicted molar refractivity (Wildman–Crippen MR) is 129 cm³/mol. The molecule has 1 amide bonds. The van der Waals surface area contributed by atoms with E-state index in [0.717, 1.165) is 24.0 Å². The summed E-state index contributed by atoms with van der Waals surface area (Å²) < 4.78 is 8.68. The Morgan fingerprint density at radius 2 is 2.06 bits per heavy atom. The fourth-order valence-electron chi connectivity index (χ4n) is 4.25. The smallest absolute Gasteiger partial charge is 0.332 e. The van der Waals surface area contributed by atoms with Crippen molar-refractivity contribution in [3.05, 3.63) is 68.5 Å². The molecule has 1 N–H and O–H groups in total. The van der Waals surface area contributed by atoms with Gasteiger partial charge < -0.3 is 10.1 Å². The van der Waals surface area contributed by atoms with Gasteiger partial charge in [-0.3, -0.25) is 18.7 Å². The third kappa shape index (κ3) is 3.98. The van der Waals surface area contributed by atoms with Crippen LogP contribution in [-0.2, 0) is 22.6 Å². The zero-order valence-corrected chi connectivity index (χ0v) is 19.3. The summed E-state index contributed by atoms with van der Waals surface area (Å²) >= 11 is 1.24. The van der Waals surface area contributed by atoms with Crippen LogP contribution in [-0.4, -0.2) is 32.7 Å². The molecule has 1 aliphatic heterocycles. The van der Waals surface area contributed by atoms with Gasteiger partial charge in [-0.25, -0.2) is 9.78 Å². The van der Waals surface area contributed by atoms with Gasteiger partial charge in [0, 0.05) is 23.9 Å². The molecule has 1 saturated heterocycles. The first kappa shape index (κ1) is 21.5. The maximum atomic E-state index is 13.5. The van der Waals surface area contributed by atoms with Gasteiger partial charge in [0.05, 0.1) is 18.2 Å². The minimum Gasteiger partial charge on any atom is -0.376 e. The van der Waals surface area contributed by atoms with E-state index < -0.39 is 5.69 Å². The lowest BCUT2D eigenvalue weighted by molar-refractivity contribution is -0.116. The molecule has 1 fully saturated rings. The average molecular weight is 465 g/mol. The van der Waals surface area contributed by atoms with Crippen molar-refractivity contribution in [1.82, 2.24) is 14.1 Å². The number of benzene rings is 1. The molecule has 0 aliphatic carbocycles. The number of pyridine rings is 1. The molecule has 33 heavy (non-hydrogen) atoms. The minimum atomic E-state index is -0.512. The van der Waals surface area contributed by atoms with Gasteiger partial charge in [0.1, 0.15) is 16.1 Å². The Kier molecular flexibility index (Phi) is 5.59. The summed E-state index contributed by atoms with van der Waals surface area (Å²) in [4.78, 5) is 44.8. The number of ether oxygens (including phenoxy) is 1. The molecule has 1 unspecified atom stereocenters. The predicted octanol–water partition coefficient (Wildman–Crippen LogP) is 3.21. The minimum absolute atomic E-state index is 0.175. The molecule has 9 heteroatoms. The Balaban J connectivity index is 1.60. The number of aryl methyl sites for hydroxylation is 2. The van der Waals surface area contributed by atoms with Crippen molar-refractivity contribution in [2.45, 2.75) is 45.9 Å². The van der Waals surface area contributed by atoms with Crippen LogP contribution < -0.4 is 16.6 Å². The fraction of sp³-hybridized carbons (Fsp3) is 0.333. The molecule has 1 aliphatic rings. The normalized spacial score (nSPS) is 16.0. The van der Waals surface area contributed by atoms with E-state index in [1.807, 2.05) is 38.1 Å². The molecule has 0 spiro atoms. The first-order chi connectivity index (χ1) is 15.9. The van der Waals surface area contributed by atoms with E-state index in [2.05, 4.69) is 10.3 Å². The number of nitrogens with one attached hydrogen (secondary N) is 1. The highest BCUT2D eigenvalue weighted by Gasteiger charge is 2.24. The van der Waals surface area contributed by atoms with Crippen molar-refractivity contribution >= 4 is 43.4 Å². The summed E-state index contributed by atoms with van der Waals surface area (Å²) in [5.74, 6) is -0.341. The molecule has 4 heterocycles. The maximum Gasteiger partial charge on any atom is 0.332 e. The van der Waals surface area contributed by atoms with E-state index in [-0.39, 0.29) is 30.7 Å². The lowest BCUT2D eigenvalue weighted by Crippen LogP contribution is -2.43. The van der Waals surface area contributed by atoms with Crippen LogP contribution in [0.3, 0.4) is 0 Å². The third-order valence-corrected chi connectivity index (χ3v) is 7.20. The average Bonchev–Trinajstić information content (AvgIpc) is 3.45. The molecule has 4 aromatic rings. The molecule has 170 valence electrons. The molecule has 3 aromatic heterocycles. The van der Waals surface area contributed by atoms with Crippen molar-refractivity contribution in [2.24, 2.45) is 0 Å². The third-order valence-electron chi connectivity index (χ3n) is 6.11. The molecular weight excluding hydrogens is 440 g/mol. The number of hydrogen-bond acceptors (Lipinski definition) is 6. The van der Waals surface area contributed by atoms with E-state index in [4.69, 9.17) is 4.74 Å². The number of carbonyl (C=O) groups is 1. The van der Waals surface area contributed by atoms with Crippen molar-refractivity contribution in [1.29, 1.82) is 0 Å². The van der Waals surface area contributed by atoms with Gasteiger partial charge in [0.2, 0.25) is 5.91 Å². The summed E-state index contributed by atoms with van der Waals surface area (Å²) in [6.45, 7) is 4.57. The number of hydrogen-bond donors (Lipinski definition) is 1. The van der Waals surface area contributed by atoms with Crippen LogP contribution in [0, 0.1) is 13.8 Å². The molecule has 0 saturated carbocycles. The van der Waals surface area contributed by atoms with Crippen molar-refractivity contribution in [2.75, 3.05) is 11.9 Å². The van der Waals surface area contributed by atoms with E-state index in [0.29, 0.717) is 32.7 Å².